The second-order valence-electron chi connectivity index (χ2n) is 5.64. The zero-order valence-electron chi connectivity index (χ0n) is 13.7. The van der Waals surface area contributed by atoms with E-state index in [1.165, 1.54) is 5.56 Å². The summed E-state index contributed by atoms with van der Waals surface area (Å²) in [5.41, 5.74) is 2.42. The van der Waals surface area contributed by atoms with Gasteiger partial charge in [0.2, 0.25) is 0 Å². The molecule has 0 bridgehead atoms. The van der Waals surface area contributed by atoms with Crippen molar-refractivity contribution < 1.29 is 0 Å². The first-order valence-electron chi connectivity index (χ1n) is 8.06. The maximum Gasteiger partial charge on any atom is 0.172 e. The van der Waals surface area contributed by atoms with Gasteiger partial charge in [-0.15, -0.1) is 0 Å². The molecule has 128 valence electrons. The fourth-order valence-corrected chi connectivity index (χ4v) is 2.75. The van der Waals surface area contributed by atoms with Crippen molar-refractivity contribution in [1.29, 1.82) is 0 Å². The van der Waals surface area contributed by atoms with Gasteiger partial charge in [0, 0.05) is 23.8 Å². The van der Waals surface area contributed by atoms with E-state index in [1.54, 1.807) is 0 Å². The lowest BCUT2D eigenvalue weighted by atomic mass is 10.1. The van der Waals surface area contributed by atoms with Crippen molar-refractivity contribution in [2.24, 2.45) is 0 Å². The summed E-state index contributed by atoms with van der Waals surface area (Å²) in [6, 6.07) is 20.0. The van der Waals surface area contributed by atoms with Crippen LogP contribution in [0.25, 0.3) is 0 Å². The molecule has 3 aromatic rings. The van der Waals surface area contributed by atoms with Crippen LogP contribution in [0.15, 0.2) is 66.9 Å². The van der Waals surface area contributed by atoms with E-state index in [4.69, 9.17) is 23.8 Å². The summed E-state index contributed by atoms with van der Waals surface area (Å²) in [6.07, 6.45) is 2.84. The Morgan fingerprint density at radius 3 is 2.52 bits per heavy atom. The maximum atomic E-state index is 5.90. The molecule has 3 rings (SSSR count). The Bertz CT molecular complexity index is 815. The first-order valence-corrected chi connectivity index (χ1v) is 8.84. The summed E-state index contributed by atoms with van der Waals surface area (Å²) >= 11 is 11.2. The number of hydrogen-bond acceptors (Lipinski definition) is 2. The molecule has 0 aliphatic heterocycles. The van der Waals surface area contributed by atoms with E-state index in [1.807, 2.05) is 59.4 Å². The van der Waals surface area contributed by atoms with Crippen molar-refractivity contribution >= 4 is 34.7 Å². The summed E-state index contributed by atoms with van der Waals surface area (Å²) < 4.78 is 1.86. The number of aromatic nitrogens is 2. The van der Waals surface area contributed by atoms with Crippen molar-refractivity contribution in [3.63, 3.8) is 0 Å². The van der Waals surface area contributed by atoms with Crippen molar-refractivity contribution in [2.45, 2.75) is 13.0 Å². The summed E-state index contributed by atoms with van der Waals surface area (Å²) in [4.78, 5) is 0. The maximum absolute atomic E-state index is 5.90. The number of benzene rings is 2. The second-order valence-corrected chi connectivity index (χ2v) is 6.49. The molecular weight excluding hydrogens is 352 g/mol. The molecule has 25 heavy (non-hydrogen) atoms. The Hall–Kier alpha value is -2.37. The Morgan fingerprint density at radius 2 is 1.76 bits per heavy atom. The molecule has 1 aromatic heterocycles. The van der Waals surface area contributed by atoms with Crippen molar-refractivity contribution in [2.75, 3.05) is 11.9 Å². The summed E-state index contributed by atoms with van der Waals surface area (Å²) in [5.74, 6) is 0.728. The van der Waals surface area contributed by atoms with Gasteiger partial charge in [-0.05, 0) is 41.9 Å². The average Bonchev–Trinajstić information content (AvgIpc) is 3.05. The average molecular weight is 371 g/mol. The first-order chi connectivity index (χ1) is 12.2. The largest absolute Gasteiger partial charge is 0.362 e. The highest BCUT2D eigenvalue weighted by Gasteiger charge is 2.03. The Balaban J connectivity index is 1.45. The second kappa shape index (κ2) is 8.65. The monoisotopic (exact) mass is 370 g/mol. The topological polar surface area (TPSA) is 41.9 Å². The van der Waals surface area contributed by atoms with E-state index >= 15 is 0 Å². The quantitative estimate of drug-likeness (QED) is 0.641. The van der Waals surface area contributed by atoms with E-state index in [0.29, 0.717) is 11.7 Å². The number of rotatable bonds is 6. The van der Waals surface area contributed by atoms with Gasteiger partial charge in [-0.2, -0.15) is 5.10 Å². The Morgan fingerprint density at radius 1 is 1.00 bits per heavy atom. The van der Waals surface area contributed by atoms with Gasteiger partial charge in [-0.1, -0.05) is 54.1 Å². The van der Waals surface area contributed by atoms with E-state index in [9.17, 15) is 0 Å². The lowest BCUT2D eigenvalue weighted by Gasteiger charge is -2.08. The minimum absolute atomic E-state index is 0.577. The van der Waals surface area contributed by atoms with Crippen LogP contribution in [0, 0.1) is 0 Å². The highest BCUT2D eigenvalue weighted by atomic mass is 35.5. The standard InChI is InChI=1S/C19H19ClN4S/c20-17-8-6-16(7-9-17)14-24-13-11-18(23-24)22-19(25)21-12-10-15-4-2-1-3-5-15/h1-9,11,13H,10,12,14H2,(H2,21,22,23,25). The Labute approximate surface area is 157 Å². The third-order valence-corrected chi connectivity index (χ3v) is 4.18. The summed E-state index contributed by atoms with van der Waals surface area (Å²) in [6.45, 7) is 1.47. The van der Waals surface area contributed by atoms with Gasteiger partial charge < -0.3 is 10.6 Å². The third-order valence-electron chi connectivity index (χ3n) is 3.68. The molecule has 0 saturated carbocycles. The number of halogens is 1. The highest BCUT2D eigenvalue weighted by Crippen LogP contribution is 2.11. The van der Waals surface area contributed by atoms with E-state index in [-0.39, 0.29) is 0 Å². The van der Waals surface area contributed by atoms with Crippen LogP contribution in [-0.2, 0) is 13.0 Å². The fraction of sp³-hybridized carbons (Fsp3) is 0.158. The minimum atomic E-state index is 0.577. The first kappa shape index (κ1) is 17.5. The highest BCUT2D eigenvalue weighted by molar-refractivity contribution is 7.80. The van der Waals surface area contributed by atoms with Crippen LogP contribution < -0.4 is 10.6 Å². The molecule has 4 nitrogen and oxygen atoms in total. The van der Waals surface area contributed by atoms with Crippen LogP contribution in [0.3, 0.4) is 0 Å². The van der Waals surface area contributed by atoms with Crippen LogP contribution >= 0.6 is 23.8 Å². The lowest BCUT2D eigenvalue weighted by molar-refractivity contribution is 0.690. The molecule has 1 heterocycles. The van der Waals surface area contributed by atoms with Crippen LogP contribution in [-0.4, -0.2) is 21.4 Å². The molecule has 6 heteroatoms. The smallest absolute Gasteiger partial charge is 0.172 e. The van der Waals surface area contributed by atoms with Crippen LogP contribution in [0.2, 0.25) is 5.02 Å². The normalized spacial score (nSPS) is 10.4. The number of nitrogens with one attached hydrogen (secondary N) is 2. The van der Waals surface area contributed by atoms with E-state index in [0.717, 1.165) is 29.4 Å². The zero-order chi connectivity index (χ0) is 17.5. The molecule has 0 aliphatic rings. The van der Waals surface area contributed by atoms with Gasteiger partial charge in [0.1, 0.15) is 0 Å². The molecule has 0 aliphatic carbocycles. The number of hydrogen-bond donors (Lipinski definition) is 2. The molecule has 0 amide bonds. The van der Waals surface area contributed by atoms with Crippen molar-refractivity contribution in [1.82, 2.24) is 15.1 Å². The summed E-state index contributed by atoms with van der Waals surface area (Å²) in [7, 11) is 0. The molecule has 0 fully saturated rings. The van der Waals surface area contributed by atoms with E-state index < -0.39 is 0 Å². The minimum Gasteiger partial charge on any atom is -0.362 e. The lowest BCUT2D eigenvalue weighted by Crippen LogP contribution is -2.30. The van der Waals surface area contributed by atoms with Gasteiger partial charge in [-0.25, -0.2) is 0 Å². The van der Waals surface area contributed by atoms with Gasteiger partial charge in [0.05, 0.1) is 6.54 Å². The zero-order valence-corrected chi connectivity index (χ0v) is 15.2. The molecule has 0 saturated heterocycles. The molecule has 0 atom stereocenters. The SMILES string of the molecule is S=C(NCCc1ccccc1)Nc1ccn(Cc2ccc(Cl)cc2)n1. The van der Waals surface area contributed by atoms with Crippen molar-refractivity contribution in [3.05, 3.63) is 83.0 Å². The number of thiocarbonyl (C=S) groups is 1. The molecule has 0 radical (unpaired) electrons. The van der Waals surface area contributed by atoms with Gasteiger partial charge in [0.15, 0.2) is 10.9 Å². The Kier molecular flexibility index (Phi) is 6.04. The molecule has 2 N–H and O–H groups in total. The van der Waals surface area contributed by atoms with Gasteiger partial charge in [0.25, 0.3) is 0 Å². The molecule has 2 aromatic carbocycles. The third kappa shape index (κ3) is 5.59. The fourth-order valence-electron chi connectivity index (χ4n) is 2.42. The predicted molar refractivity (Wildman–Crippen MR) is 107 cm³/mol. The van der Waals surface area contributed by atoms with Gasteiger partial charge in [-0.3, -0.25) is 4.68 Å². The van der Waals surface area contributed by atoms with E-state index in [2.05, 4.69) is 27.9 Å². The molecule has 0 spiro atoms. The van der Waals surface area contributed by atoms with Gasteiger partial charge >= 0.3 is 0 Å². The molecular formula is C19H19ClN4S. The molecule has 0 unspecified atom stereocenters. The van der Waals surface area contributed by atoms with Crippen LogP contribution in [0.1, 0.15) is 11.1 Å². The number of anilines is 1. The predicted octanol–water partition coefficient (Wildman–Crippen LogP) is 4.11. The summed E-state index contributed by atoms with van der Waals surface area (Å²) in [5, 5.41) is 12.1. The van der Waals surface area contributed by atoms with Crippen molar-refractivity contribution in [3.8, 4) is 0 Å². The number of nitrogens with zero attached hydrogens (tertiary/aromatic N) is 2. The van der Waals surface area contributed by atoms with Crippen LogP contribution in [0.4, 0.5) is 5.82 Å². The van der Waals surface area contributed by atoms with Crippen LogP contribution in [0.5, 0.6) is 0 Å².